The average molecular weight is 312 g/mol. The molecule has 1 fully saturated rings. The van der Waals surface area contributed by atoms with Crippen molar-refractivity contribution < 1.29 is 14.4 Å². The van der Waals surface area contributed by atoms with E-state index in [1.165, 1.54) is 20.3 Å². The lowest BCUT2D eigenvalue weighted by atomic mass is 10.2. The number of benzene rings is 1. The molecule has 0 spiro atoms. The number of nitrogens with zero attached hydrogens (tertiary/aromatic N) is 1. The van der Waals surface area contributed by atoms with Crippen molar-refractivity contribution >= 4 is 23.1 Å². The quantitative estimate of drug-likeness (QED) is 0.641. The van der Waals surface area contributed by atoms with Crippen LogP contribution in [0.5, 0.6) is 11.5 Å². The minimum atomic E-state index is -0.398. The Balaban J connectivity index is 2.26. The molecule has 0 aliphatic heterocycles. The lowest BCUT2D eigenvalue weighted by Gasteiger charge is -2.16. The molecule has 1 aromatic rings. The maximum absolute atomic E-state index is 11.2. The van der Waals surface area contributed by atoms with E-state index in [0.717, 1.165) is 19.3 Å². The predicted molar refractivity (Wildman–Crippen MR) is 84.8 cm³/mol. The highest BCUT2D eigenvalue weighted by Crippen LogP contribution is 2.39. The van der Waals surface area contributed by atoms with E-state index in [1.807, 2.05) is 11.8 Å². The molecule has 2 rings (SSSR count). The van der Waals surface area contributed by atoms with E-state index in [1.54, 1.807) is 6.07 Å². The first-order valence-electron chi connectivity index (χ1n) is 6.78. The van der Waals surface area contributed by atoms with Gasteiger partial charge in [0.25, 0.3) is 5.69 Å². The smallest absolute Gasteiger partial charge is 0.296 e. The second-order valence-electron chi connectivity index (χ2n) is 4.99. The first kappa shape index (κ1) is 15.8. The summed E-state index contributed by atoms with van der Waals surface area (Å²) in [6, 6.07) is 3.31. The largest absolute Gasteiger partial charge is 0.493 e. The molecule has 0 bridgehead atoms. The SMILES string of the molecule is COc1cc(NC2CCC(SC)C2)c([N+](=O)[O-])cc1OC. The Morgan fingerprint density at radius 1 is 1.29 bits per heavy atom. The molecule has 0 saturated heterocycles. The Morgan fingerprint density at radius 3 is 2.48 bits per heavy atom. The molecule has 1 aromatic carbocycles. The van der Waals surface area contributed by atoms with Gasteiger partial charge in [0, 0.05) is 17.4 Å². The summed E-state index contributed by atoms with van der Waals surface area (Å²) in [6.07, 6.45) is 5.29. The van der Waals surface area contributed by atoms with Crippen molar-refractivity contribution in [1.82, 2.24) is 0 Å². The first-order valence-corrected chi connectivity index (χ1v) is 8.07. The van der Waals surface area contributed by atoms with Gasteiger partial charge in [-0.05, 0) is 25.5 Å². The van der Waals surface area contributed by atoms with Gasteiger partial charge >= 0.3 is 0 Å². The Kier molecular flexibility index (Phi) is 5.17. The van der Waals surface area contributed by atoms with Gasteiger partial charge in [0.2, 0.25) is 0 Å². The van der Waals surface area contributed by atoms with Crippen LogP contribution in [0.1, 0.15) is 19.3 Å². The Hall–Kier alpha value is -1.63. The molecule has 2 unspecified atom stereocenters. The van der Waals surface area contributed by atoms with Crippen LogP contribution in [-0.2, 0) is 0 Å². The molecular formula is C14H20N2O4S. The zero-order chi connectivity index (χ0) is 15.4. The third-order valence-electron chi connectivity index (χ3n) is 3.78. The molecule has 0 amide bonds. The fourth-order valence-corrected chi connectivity index (χ4v) is 3.44. The first-order chi connectivity index (χ1) is 10.1. The average Bonchev–Trinajstić information content (AvgIpc) is 2.94. The molecule has 0 radical (unpaired) electrons. The second kappa shape index (κ2) is 6.89. The van der Waals surface area contributed by atoms with Gasteiger partial charge in [-0.2, -0.15) is 11.8 Å². The van der Waals surface area contributed by atoms with E-state index in [-0.39, 0.29) is 11.7 Å². The van der Waals surface area contributed by atoms with Crippen LogP contribution in [0.25, 0.3) is 0 Å². The van der Waals surface area contributed by atoms with Crippen molar-refractivity contribution in [1.29, 1.82) is 0 Å². The molecule has 1 N–H and O–H groups in total. The minimum absolute atomic E-state index is 0.0141. The maximum Gasteiger partial charge on any atom is 0.296 e. The molecule has 21 heavy (non-hydrogen) atoms. The van der Waals surface area contributed by atoms with Crippen LogP contribution in [0.15, 0.2) is 12.1 Å². The van der Waals surface area contributed by atoms with Gasteiger partial charge < -0.3 is 14.8 Å². The van der Waals surface area contributed by atoms with E-state index >= 15 is 0 Å². The Morgan fingerprint density at radius 2 is 1.95 bits per heavy atom. The van der Waals surface area contributed by atoms with Crippen LogP contribution in [0.3, 0.4) is 0 Å². The normalized spacial score (nSPS) is 21.1. The van der Waals surface area contributed by atoms with E-state index < -0.39 is 4.92 Å². The zero-order valence-electron chi connectivity index (χ0n) is 12.4. The van der Waals surface area contributed by atoms with E-state index in [0.29, 0.717) is 22.4 Å². The van der Waals surface area contributed by atoms with Crippen LogP contribution in [-0.4, -0.2) is 36.7 Å². The molecule has 0 aromatic heterocycles. The third kappa shape index (κ3) is 3.53. The summed E-state index contributed by atoms with van der Waals surface area (Å²) in [7, 11) is 2.99. The van der Waals surface area contributed by atoms with Crippen LogP contribution in [0.4, 0.5) is 11.4 Å². The highest BCUT2D eigenvalue weighted by atomic mass is 32.2. The maximum atomic E-state index is 11.2. The number of nitrogens with one attached hydrogen (secondary N) is 1. The third-order valence-corrected chi connectivity index (χ3v) is 4.87. The van der Waals surface area contributed by atoms with Crippen LogP contribution in [0, 0.1) is 10.1 Å². The number of methoxy groups -OCH3 is 2. The Labute approximate surface area is 128 Å². The number of nitro groups is 1. The van der Waals surface area contributed by atoms with Crippen molar-refractivity contribution in [2.45, 2.75) is 30.6 Å². The fraction of sp³-hybridized carbons (Fsp3) is 0.571. The van der Waals surface area contributed by atoms with E-state index in [9.17, 15) is 10.1 Å². The predicted octanol–water partition coefficient (Wildman–Crippen LogP) is 3.31. The van der Waals surface area contributed by atoms with Crippen molar-refractivity contribution in [2.24, 2.45) is 0 Å². The standard InChI is InChI=1S/C14H20N2O4S/c1-19-13-7-11(12(16(17)18)8-14(13)20-2)15-9-4-5-10(6-9)21-3/h7-10,15H,4-6H2,1-3H3. The molecule has 0 heterocycles. The molecule has 7 heteroatoms. The molecule has 1 aliphatic rings. The van der Waals surface area contributed by atoms with Gasteiger partial charge in [-0.1, -0.05) is 0 Å². The van der Waals surface area contributed by atoms with Crippen molar-refractivity contribution in [3.8, 4) is 11.5 Å². The van der Waals surface area contributed by atoms with Crippen LogP contribution in [0.2, 0.25) is 0 Å². The molecule has 1 aliphatic carbocycles. The summed E-state index contributed by atoms with van der Waals surface area (Å²) in [5.74, 6) is 0.855. The molecule has 1 saturated carbocycles. The molecular weight excluding hydrogens is 292 g/mol. The van der Waals surface area contributed by atoms with Crippen molar-refractivity contribution in [3.63, 3.8) is 0 Å². The lowest BCUT2D eigenvalue weighted by molar-refractivity contribution is -0.384. The summed E-state index contributed by atoms with van der Waals surface area (Å²) in [6.45, 7) is 0. The van der Waals surface area contributed by atoms with Gasteiger partial charge in [0.1, 0.15) is 5.69 Å². The van der Waals surface area contributed by atoms with Crippen molar-refractivity contribution in [2.75, 3.05) is 25.8 Å². The molecule has 2 atom stereocenters. The second-order valence-corrected chi connectivity index (χ2v) is 6.13. The number of rotatable bonds is 6. The number of anilines is 1. The number of thioether (sulfide) groups is 1. The zero-order valence-corrected chi connectivity index (χ0v) is 13.2. The summed E-state index contributed by atoms with van der Waals surface area (Å²) in [5.41, 5.74) is 0.504. The van der Waals surface area contributed by atoms with Gasteiger partial charge in [-0.25, -0.2) is 0 Å². The van der Waals surface area contributed by atoms with Gasteiger partial charge in [-0.3, -0.25) is 10.1 Å². The fourth-order valence-electron chi connectivity index (χ4n) is 2.64. The number of ether oxygens (including phenoxy) is 2. The van der Waals surface area contributed by atoms with E-state index in [4.69, 9.17) is 9.47 Å². The topological polar surface area (TPSA) is 73.6 Å². The Bertz CT molecular complexity index is 524. The van der Waals surface area contributed by atoms with Crippen molar-refractivity contribution in [3.05, 3.63) is 22.2 Å². The highest BCUT2D eigenvalue weighted by molar-refractivity contribution is 7.99. The van der Waals surface area contributed by atoms with Gasteiger partial charge in [0.15, 0.2) is 11.5 Å². The number of nitro benzene ring substituents is 1. The van der Waals surface area contributed by atoms with Gasteiger partial charge in [-0.15, -0.1) is 0 Å². The molecule has 116 valence electrons. The summed E-state index contributed by atoms with van der Waals surface area (Å²) in [5, 5.41) is 15.2. The lowest BCUT2D eigenvalue weighted by Crippen LogP contribution is -2.17. The summed E-state index contributed by atoms with van der Waals surface area (Å²) >= 11 is 1.85. The number of hydrogen-bond acceptors (Lipinski definition) is 6. The molecule has 6 nitrogen and oxygen atoms in total. The highest BCUT2D eigenvalue weighted by Gasteiger charge is 2.27. The van der Waals surface area contributed by atoms with Gasteiger partial charge in [0.05, 0.1) is 25.2 Å². The monoisotopic (exact) mass is 312 g/mol. The van der Waals surface area contributed by atoms with E-state index in [2.05, 4.69) is 11.6 Å². The van der Waals surface area contributed by atoms with Crippen LogP contribution >= 0.6 is 11.8 Å². The summed E-state index contributed by atoms with van der Waals surface area (Å²) in [4.78, 5) is 10.9. The number of hydrogen-bond donors (Lipinski definition) is 1. The van der Waals surface area contributed by atoms with Crippen LogP contribution < -0.4 is 14.8 Å². The summed E-state index contributed by atoms with van der Waals surface area (Å²) < 4.78 is 10.4. The minimum Gasteiger partial charge on any atom is -0.493 e.